The number of methoxy groups -OCH3 is 1. The summed E-state index contributed by atoms with van der Waals surface area (Å²) in [5.41, 5.74) is -0.602. The number of nitrogens with one attached hydrogen (secondary N) is 1. The van der Waals surface area contributed by atoms with Crippen LogP contribution in [0.4, 0.5) is 0 Å². The number of aryl methyl sites for hydroxylation is 1. The lowest BCUT2D eigenvalue weighted by Gasteiger charge is -2.38. The molecular weight excluding hydrogens is 334 g/mol. The van der Waals surface area contributed by atoms with Crippen LogP contribution in [0.1, 0.15) is 39.7 Å². The van der Waals surface area contributed by atoms with Crippen LogP contribution in [0.15, 0.2) is 22.7 Å². The molecule has 0 saturated carbocycles. The molecule has 4 nitrogen and oxygen atoms in total. The standard InChI is InChI=1S/C16H24BrNO3/c1-15(2,16(3,4)20)18-14(19)9-7-11-6-8-13(21-5)12(17)10-11/h6,8,10,20H,7,9H2,1-5H3,(H,18,19). The zero-order valence-corrected chi connectivity index (χ0v) is 14.9. The molecule has 0 saturated heterocycles. The second-order valence-corrected chi connectivity index (χ2v) is 7.06. The van der Waals surface area contributed by atoms with Crippen molar-refractivity contribution in [1.82, 2.24) is 5.32 Å². The average Bonchev–Trinajstić information content (AvgIpc) is 2.34. The summed E-state index contributed by atoms with van der Waals surface area (Å²) >= 11 is 3.43. The van der Waals surface area contributed by atoms with Crippen LogP contribution in [-0.2, 0) is 11.2 Å². The molecule has 0 aromatic heterocycles. The smallest absolute Gasteiger partial charge is 0.220 e. The molecule has 0 bridgehead atoms. The Kier molecular flexibility index (Phi) is 5.82. The number of rotatable bonds is 6. The minimum atomic E-state index is -0.980. The van der Waals surface area contributed by atoms with Gasteiger partial charge in [0.25, 0.3) is 0 Å². The third kappa shape index (κ3) is 5.00. The highest BCUT2D eigenvalue weighted by Gasteiger charge is 2.36. The van der Waals surface area contributed by atoms with E-state index < -0.39 is 11.1 Å². The number of hydrogen-bond acceptors (Lipinski definition) is 3. The van der Waals surface area contributed by atoms with Crippen LogP contribution >= 0.6 is 15.9 Å². The van der Waals surface area contributed by atoms with Crippen LogP contribution in [0.2, 0.25) is 0 Å². The Bertz CT molecular complexity index is 507. The van der Waals surface area contributed by atoms with Gasteiger partial charge in [0.05, 0.1) is 22.7 Å². The normalized spacial score (nSPS) is 12.1. The first-order valence-electron chi connectivity index (χ1n) is 6.92. The zero-order valence-electron chi connectivity index (χ0n) is 13.3. The summed E-state index contributed by atoms with van der Waals surface area (Å²) in [5.74, 6) is 0.695. The lowest BCUT2D eigenvalue weighted by atomic mass is 9.86. The lowest BCUT2D eigenvalue weighted by molar-refractivity contribution is -0.126. The highest BCUT2D eigenvalue weighted by Crippen LogP contribution is 2.26. The molecule has 0 radical (unpaired) electrons. The largest absolute Gasteiger partial charge is 0.496 e. The predicted octanol–water partition coefficient (Wildman–Crippen LogP) is 3.06. The summed E-state index contributed by atoms with van der Waals surface area (Å²) in [4.78, 5) is 12.0. The Morgan fingerprint density at radius 1 is 1.33 bits per heavy atom. The monoisotopic (exact) mass is 357 g/mol. The SMILES string of the molecule is COc1ccc(CCC(=O)NC(C)(C)C(C)(C)O)cc1Br. The van der Waals surface area contributed by atoms with E-state index >= 15 is 0 Å². The van der Waals surface area contributed by atoms with E-state index in [0.717, 1.165) is 15.8 Å². The molecule has 1 aromatic rings. The van der Waals surface area contributed by atoms with Crippen molar-refractivity contribution in [3.8, 4) is 5.75 Å². The fourth-order valence-corrected chi connectivity index (χ4v) is 2.28. The van der Waals surface area contributed by atoms with E-state index in [0.29, 0.717) is 12.8 Å². The van der Waals surface area contributed by atoms with E-state index in [4.69, 9.17) is 4.74 Å². The summed E-state index contributed by atoms with van der Waals surface area (Å²) in [6, 6.07) is 5.77. The van der Waals surface area contributed by atoms with Crippen molar-refractivity contribution in [1.29, 1.82) is 0 Å². The van der Waals surface area contributed by atoms with E-state index in [2.05, 4.69) is 21.2 Å². The molecule has 0 unspecified atom stereocenters. The van der Waals surface area contributed by atoms with Crippen molar-refractivity contribution in [2.45, 2.75) is 51.7 Å². The molecule has 1 rings (SSSR count). The summed E-state index contributed by atoms with van der Waals surface area (Å²) in [6.45, 7) is 7.01. The van der Waals surface area contributed by atoms with E-state index in [1.807, 2.05) is 32.0 Å². The maximum atomic E-state index is 12.0. The van der Waals surface area contributed by atoms with Gasteiger partial charge in [-0.3, -0.25) is 4.79 Å². The second-order valence-electron chi connectivity index (χ2n) is 6.20. The van der Waals surface area contributed by atoms with Crippen molar-refractivity contribution in [2.75, 3.05) is 7.11 Å². The third-order valence-electron chi connectivity index (χ3n) is 3.84. The van der Waals surface area contributed by atoms with E-state index in [1.165, 1.54) is 0 Å². The molecule has 0 fully saturated rings. The minimum absolute atomic E-state index is 0.0749. The van der Waals surface area contributed by atoms with Gasteiger partial charge in [0.2, 0.25) is 5.91 Å². The molecule has 118 valence electrons. The van der Waals surface area contributed by atoms with Gasteiger partial charge in [-0.15, -0.1) is 0 Å². The summed E-state index contributed by atoms with van der Waals surface area (Å²) in [6.07, 6.45) is 1.01. The van der Waals surface area contributed by atoms with Gasteiger partial charge in [-0.2, -0.15) is 0 Å². The number of ether oxygens (including phenoxy) is 1. The molecule has 0 aliphatic rings. The van der Waals surface area contributed by atoms with Gasteiger partial charge < -0.3 is 15.2 Å². The van der Waals surface area contributed by atoms with Gasteiger partial charge in [-0.25, -0.2) is 0 Å². The van der Waals surface area contributed by atoms with Crippen LogP contribution in [0.25, 0.3) is 0 Å². The Labute approximate surface area is 135 Å². The number of carbonyl (C=O) groups excluding carboxylic acids is 1. The van der Waals surface area contributed by atoms with Gasteiger partial charge >= 0.3 is 0 Å². The first-order chi connectivity index (χ1) is 9.56. The van der Waals surface area contributed by atoms with Crippen LogP contribution in [0, 0.1) is 0 Å². The molecule has 0 aliphatic heterocycles. The molecule has 21 heavy (non-hydrogen) atoms. The second kappa shape index (κ2) is 6.79. The highest BCUT2D eigenvalue weighted by atomic mass is 79.9. The predicted molar refractivity (Wildman–Crippen MR) is 87.5 cm³/mol. The minimum Gasteiger partial charge on any atom is -0.496 e. The fraction of sp³-hybridized carbons (Fsp3) is 0.562. The first-order valence-corrected chi connectivity index (χ1v) is 7.72. The Balaban J connectivity index is 2.60. The van der Waals surface area contributed by atoms with E-state index in [1.54, 1.807) is 21.0 Å². The molecule has 1 amide bonds. The van der Waals surface area contributed by atoms with Crippen molar-refractivity contribution in [2.24, 2.45) is 0 Å². The third-order valence-corrected chi connectivity index (χ3v) is 4.46. The molecule has 0 atom stereocenters. The zero-order chi connectivity index (χ0) is 16.3. The topological polar surface area (TPSA) is 58.6 Å². The molecule has 5 heteroatoms. The first kappa shape index (κ1) is 18.0. The number of carbonyl (C=O) groups is 1. The van der Waals surface area contributed by atoms with Gasteiger partial charge in [0.1, 0.15) is 5.75 Å². The summed E-state index contributed by atoms with van der Waals surface area (Å²) < 4.78 is 6.05. The number of hydrogen-bond donors (Lipinski definition) is 2. The van der Waals surface area contributed by atoms with Crippen molar-refractivity contribution in [3.63, 3.8) is 0 Å². The lowest BCUT2D eigenvalue weighted by Crippen LogP contribution is -2.57. The fourth-order valence-electron chi connectivity index (χ4n) is 1.69. The molecule has 1 aromatic carbocycles. The Morgan fingerprint density at radius 2 is 1.95 bits per heavy atom. The summed E-state index contributed by atoms with van der Waals surface area (Å²) in [5, 5.41) is 12.9. The van der Waals surface area contributed by atoms with Crippen LogP contribution in [0.5, 0.6) is 5.75 Å². The molecule has 0 heterocycles. The maximum Gasteiger partial charge on any atom is 0.220 e. The maximum absolute atomic E-state index is 12.0. The van der Waals surface area contributed by atoms with Crippen molar-refractivity contribution >= 4 is 21.8 Å². The van der Waals surface area contributed by atoms with Crippen LogP contribution in [-0.4, -0.2) is 29.3 Å². The molecule has 0 spiro atoms. The van der Waals surface area contributed by atoms with Gasteiger partial charge in [-0.1, -0.05) is 6.07 Å². The number of aliphatic hydroxyl groups is 1. The van der Waals surface area contributed by atoms with Crippen molar-refractivity contribution in [3.05, 3.63) is 28.2 Å². The molecular formula is C16H24BrNO3. The quantitative estimate of drug-likeness (QED) is 0.822. The van der Waals surface area contributed by atoms with Gasteiger partial charge in [0.15, 0.2) is 0 Å². The number of amides is 1. The Hall–Kier alpha value is -1.07. The summed E-state index contributed by atoms with van der Waals surface area (Å²) in [7, 11) is 1.62. The van der Waals surface area contributed by atoms with E-state index in [-0.39, 0.29) is 5.91 Å². The van der Waals surface area contributed by atoms with Crippen LogP contribution in [0.3, 0.4) is 0 Å². The van der Waals surface area contributed by atoms with Gasteiger partial charge in [0, 0.05) is 6.42 Å². The molecule has 0 aliphatic carbocycles. The Morgan fingerprint density at radius 3 is 2.43 bits per heavy atom. The number of halogens is 1. The highest BCUT2D eigenvalue weighted by molar-refractivity contribution is 9.10. The van der Waals surface area contributed by atoms with Gasteiger partial charge in [-0.05, 0) is 67.7 Å². The average molecular weight is 358 g/mol. The van der Waals surface area contributed by atoms with E-state index in [9.17, 15) is 9.90 Å². The van der Waals surface area contributed by atoms with Crippen LogP contribution < -0.4 is 10.1 Å². The number of benzene rings is 1. The van der Waals surface area contributed by atoms with Crippen molar-refractivity contribution < 1.29 is 14.6 Å². The molecule has 2 N–H and O–H groups in total.